The lowest BCUT2D eigenvalue weighted by molar-refractivity contribution is 0.352. The fourth-order valence-corrected chi connectivity index (χ4v) is 1.18. The van der Waals surface area contributed by atoms with Gasteiger partial charge in [-0.2, -0.15) is 4.98 Å². The van der Waals surface area contributed by atoms with Crippen LogP contribution in [0.2, 0.25) is 0 Å². The molecule has 2 N–H and O–H groups in total. The predicted octanol–water partition coefficient (Wildman–Crippen LogP) is 1.54. The second-order valence-electron chi connectivity index (χ2n) is 3.21. The van der Waals surface area contributed by atoms with Crippen molar-refractivity contribution in [3.05, 3.63) is 30.4 Å². The van der Waals surface area contributed by atoms with E-state index in [0.29, 0.717) is 11.7 Å². The van der Waals surface area contributed by atoms with E-state index in [2.05, 4.69) is 15.1 Å². The van der Waals surface area contributed by atoms with Crippen LogP contribution in [0.15, 0.2) is 29.0 Å². The molecule has 0 saturated heterocycles. The van der Waals surface area contributed by atoms with Gasteiger partial charge in [0.25, 0.3) is 0 Å². The number of rotatable bonds is 3. The Balaban J connectivity index is 2.28. The first kappa shape index (κ1) is 9.79. The highest BCUT2D eigenvalue weighted by Crippen LogP contribution is 2.17. The van der Waals surface area contributed by atoms with Gasteiger partial charge in [-0.3, -0.25) is 4.98 Å². The Morgan fingerprint density at radius 2 is 2.13 bits per heavy atom. The molecule has 78 valence electrons. The Morgan fingerprint density at radius 3 is 2.80 bits per heavy atom. The van der Waals surface area contributed by atoms with Crippen molar-refractivity contribution >= 4 is 0 Å². The lowest BCUT2D eigenvalue weighted by Gasteiger charge is -1.99. The third-order valence-electron chi connectivity index (χ3n) is 2.14. The molecule has 5 nitrogen and oxygen atoms in total. The molecule has 0 aliphatic rings. The van der Waals surface area contributed by atoms with Crippen molar-refractivity contribution in [3.8, 4) is 11.4 Å². The smallest absolute Gasteiger partial charge is 0.243 e. The van der Waals surface area contributed by atoms with Crippen molar-refractivity contribution in [1.29, 1.82) is 0 Å². The van der Waals surface area contributed by atoms with E-state index in [1.54, 1.807) is 12.4 Å². The highest BCUT2D eigenvalue weighted by molar-refractivity contribution is 5.52. The van der Waals surface area contributed by atoms with Crippen molar-refractivity contribution in [2.75, 3.05) is 0 Å². The average Bonchev–Trinajstić information content (AvgIpc) is 2.78. The molecule has 15 heavy (non-hydrogen) atoms. The van der Waals surface area contributed by atoms with Crippen LogP contribution in [0.4, 0.5) is 0 Å². The molecule has 0 unspecified atom stereocenters. The summed E-state index contributed by atoms with van der Waals surface area (Å²) in [5.74, 6) is 1.03. The maximum absolute atomic E-state index is 5.78. The van der Waals surface area contributed by atoms with Gasteiger partial charge in [0.15, 0.2) is 0 Å². The molecular formula is C10H12N4O. The Hall–Kier alpha value is -1.75. The summed E-state index contributed by atoms with van der Waals surface area (Å²) in [6, 6.07) is 3.46. The van der Waals surface area contributed by atoms with E-state index < -0.39 is 0 Å². The van der Waals surface area contributed by atoms with Gasteiger partial charge in [0.2, 0.25) is 11.7 Å². The number of nitrogens with two attached hydrogens (primary N) is 1. The number of aromatic nitrogens is 3. The summed E-state index contributed by atoms with van der Waals surface area (Å²) in [4.78, 5) is 8.14. The van der Waals surface area contributed by atoms with E-state index >= 15 is 0 Å². The van der Waals surface area contributed by atoms with Crippen molar-refractivity contribution < 1.29 is 4.52 Å². The van der Waals surface area contributed by atoms with Crippen molar-refractivity contribution in [3.63, 3.8) is 0 Å². The van der Waals surface area contributed by atoms with Crippen LogP contribution in [0.5, 0.6) is 0 Å². The monoisotopic (exact) mass is 204 g/mol. The Kier molecular flexibility index (Phi) is 2.73. The summed E-state index contributed by atoms with van der Waals surface area (Å²) in [6.45, 7) is 1.97. The lowest BCUT2D eigenvalue weighted by atomic mass is 10.2. The molecule has 2 aromatic rings. The van der Waals surface area contributed by atoms with E-state index in [-0.39, 0.29) is 6.04 Å². The molecule has 0 saturated carbocycles. The first-order chi connectivity index (χ1) is 7.31. The van der Waals surface area contributed by atoms with Gasteiger partial charge < -0.3 is 10.3 Å². The van der Waals surface area contributed by atoms with Crippen LogP contribution >= 0.6 is 0 Å². The van der Waals surface area contributed by atoms with Gasteiger partial charge in [0, 0.05) is 18.0 Å². The van der Waals surface area contributed by atoms with E-state index in [1.807, 2.05) is 19.1 Å². The molecule has 0 spiro atoms. The normalized spacial score (nSPS) is 12.7. The van der Waals surface area contributed by atoms with Crippen LogP contribution < -0.4 is 5.73 Å². The summed E-state index contributed by atoms with van der Waals surface area (Å²) in [7, 11) is 0. The van der Waals surface area contributed by atoms with Crippen LogP contribution in [0.3, 0.4) is 0 Å². The van der Waals surface area contributed by atoms with E-state index in [0.717, 1.165) is 12.0 Å². The van der Waals surface area contributed by atoms with Crippen LogP contribution in [0.25, 0.3) is 11.4 Å². The molecule has 0 aromatic carbocycles. The van der Waals surface area contributed by atoms with Crippen LogP contribution in [0.1, 0.15) is 25.3 Å². The second-order valence-corrected chi connectivity index (χ2v) is 3.21. The number of nitrogens with zero attached hydrogens (tertiary/aromatic N) is 3. The molecule has 1 atom stereocenters. The summed E-state index contributed by atoms with van der Waals surface area (Å²) in [5.41, 5.74) is 6.66. The number of pyridine rings is 1. The molecule has 0 radical (unpaired) electrons. The Bertz CT molecular complexity index is 426. The maximum Gasteiger partial charge on any atom is 0.243 e. The lowest BCUT2D eigenvalue weighted by Crippen LogP contribution is -2.08. The zero-order valence-corrected chi connectivity index (χ0v) is 8.42. The molecule has 0 bridgehead atoms. The first-order valence-electron chi connectivity index (χ1n) is 4.81. The van der Waals surface area contributed by atoms with E-state index in [1.165, 1.54) is 0 Å². The molecule has 5 heteroatoms. The van der Waals surface area contributed by atoms with Gasteiger partial charge in [-0.1, -0.05) is 12.1 Å². The standard InChI is InChI=1S/C10H12N4O/c1-2-8(11)10-13-9(14-15-10)7-3-5-12-6-4-7/h3-6,8H,2,11H2,1H3/t8-/m1/s1. The molecule has 2 aromatic heterocycles. The zero-order chi connectivity index (χ0) is 10.7. The predicted molar refractivity (Wildman–Crippen MR) is 54.7 cm³/mol. The molecule has 0 fully saturated rings. The minimum absolute atomic E-state index is 0.187. The average molecular weight is 204 g/mol. The third-order valence-corrected chi connectivity index (χ3v) is 2.14. The van der Waals surface area contributed by atoms with Crippen molar-refractivity contribution in [1.82, 2.24) is 15.1 Å². The van der Waals surface area contributed by atoms with Gasteiger partial charge in [0.05, 0.1) is 6.04 Å². The number of hydrogen-bond acceptors (Lipinski definition) is 5. The molecular weight excluding hydrogens is 192 g/mol. The summed E-state index contributed by atoms with van der Waals surface area (Å²) in [6.07, 6.45) is 4.15. The largest absolute Gasteiger partial charge is 0.337 e. The SMILES string of the molecule is CC[C@@H](N)c1nc(-c2ccncc2)no1. The van der Waals surface area contributed by atoms with Crippen LogP contribution in [-0.4, -0.2) is 15.1 Å². The number of hydrogen-bond donors (Lipinski definition) is 1. The third kappa shape index (κ3) is 2.02. The van der Waals surface area contributed by atoms with E-state index in [9.17, 15) is 0 Å². The van der Waals surface area contributed by atoms with E-state index in [4.69, 9.17) is 10.3 Å². The topological polar surface area (TPSA) is 77.8 Å². The summed E-state index contributed by atoms with van der Waals surface area (Å²) >= 11 is 0. The fraction of sp³-hybridized carbons (Fsp3) is 0.300. The van der Waals surface area contributed by atoms with Gasteiger partial charge in [0.1, 0.15) is 0 Å². The quantitative estimate of drug-likeness (QED) is 0.820. The highest BCUT2D eigenvalue weighted by Gasteiger charge is 2.13. The zero-order valence-electron chi connectivity index (χ0n) is 8.42. The van der Waals surface area contributed by atoms with Crippen molar-refractivity contribution in [2.45, 2.75) is 19.4 Å². The molecule has 2 rings (SSSR count). The van der Waals surface area contributed by atoms with Crippen LogP contribution in [-0.2, 0) is 0 Å². The Morgan fingerprint density at radius 1 is 1.40 bits per heavy atom. The van der Waals surface area contributed by atoms with Crippen molar-refractivity contribution in [2.24, 2.45) is 5.73 Å². The summed E-state index contributed by atoms with van der Waals surface area (Å²) < 4.78 is 5.07. The minimum Gasteiger partial charge on any atom is -0.337 e. The molecule has 0 aliphatic carbocycles. The van der Waals surface area contributed by atoms with Gasteiger partial charge in [-0.15, -0.1) is 0 Å². The first-order valence-corrected chi connectivity index (χ1v) is 4.81. The maximum atomic E-state index is 5.78. The molecule has 2 heterocycles. The molecule has 0 aliphatic heterocycles. The molecule has 0 amide bonds. The summed E-state index contributed by atoms with van der Waals surface area (Å²) in [5, 5.41) is 3.86. The van der Waals surface area contributed by atoms with Gasteiger partial charge in [-0.05, 0) is 18.6 Å². The Labute approximate surface area is 87.3 Å². The minimum atomic E-state index is -0.187. The van der Waals surface area contributed by atoms with Gasteiger partial charge in [-0.25, -0.2) is 0 Å². The van der Waals surface area contributed by atoms with Gasteiger partial charge >= 0.3 is 0 Å². The fourth-order valence-electron chi connectivity index (χ4n) is 1.18. The van der Waals surface area contributed by atoms with Crippen LogP contribution in [0, 0.1) is 0 Å². The second kappa shape index (κ2) is 4.18. The highest BCUT2D eigenvalue weighted by atomic mass is 16.5.